The zero-order chi connectivity index (χ0) is 30.3. The molecule has 0 saturated carbocycles. The van der Waals surface area contributed by atoms with E-state index in [1.54, 1.807) is 49.4 Å². The van der Waals surface area contributed by atoms with Crippen LogP contribution in [0.25, 0.3) is 0 Å². The lowest BCUT2D eigenvalue weighted by atomic mass is 10.1. The van der Waals surface area contributed by atoms with Crippen molar-refractivity contribution in [1.29, 1.82) is 0 Å². The maximum Gasteiger partial charge on any atom is 0.264 e. The molecule has 0 aliphatic carbocycles. The molecule has 0 bridgehead atoms. The largest absolute Gasteiger partial charge is 0.493 e. The van der Waals surface area contributed by atoms with Crippen molar-refractivity contribution in [3.63, 3.8) is 0 Å². The van der Waals surface area contributed by atoms with Crippen LogP contribution in [0, 0.1) is 6.92 Å². The first-order valence-corrected chi connectivity index (χ1v) is 14.9. The van der Waals surface area contributed by atoms with Gasteiger partial charge in [-0.15, -0.1) is 0 Å². The quantitative estimate of drug-likeness (QED) is 0.303. The minimum Gasteiger partial charge on any atom is -0.493 e. The molecule has 0 unspecified atom stereocenters. The Labute approximate surface area is 251 Å². The fourth-order valence-corrected chi connectivity index (χ4v) is 6.16. The van der Waals surface area contributed by atoms with Gasteiger partial charge in [-0.25, -0.2) is 8.42 Å². The zero-order valence-corrected chi connectivity index (χ0v) is 25.8. The van der Waals surface area contributed by atoms with Crippen LogP contribution in [0.4, 0.5) is 5.69 Å². The van der Waals surface area contributed by atoms with E-state index in [-0.39, 0.29) is 29.3 Å². The summed E-state index contributed by atoms with van der Waals surface area (Å²) in [7, 11) is 0.0311. The smallest absolute Gasteiger partial charge is 0.264 e. The number of nitrogens with one attached hydrogen (secondary N) is 1. The molecule has 0 fully saturated rings. The molecule has 2 amide bonds. The number of benzene rings is 3. The predicted octanol–water partition coefficient (Wildman–Crippen LogP) is 5.07. The summed E-state index contributed by atoms with van der Waals surface area (Å²) in [6.07, 6.45) is 0.281. The highest BCUT2D eigenvalue weighted by Gasteiger charge is 2.34. The predicted molar refractivity (Wildman–Crippen MR) is 160 cm³/mol. The lowest BCUT2D eigenvalue weighted by Crippen LogP contribution is -2.51. The van der Waals surface area contributed by atoms with Gasteiger partial charge in [-0.1, -0.05) is 53.9 Å². The molecule has 0 spiro atoms. The van der Waals surface area contributed by atoms with Crippen molar-refractivity contribution in [2.75, 3.05) is 32.1 Å². The molecule has 0 aromatic heterocycles. The van der Waals surface area contributed by atoms with Gasteiger partial charge in [0.15, 0.2) is 11.5 Å². The van der Waals surface area contributed by atoms with E-state index in [0.29, 0.717) is 21.4 Å². The van der Waals surface area contributed by atoms with Crippen molar-refractivity contribution in [2.45, 2.75) is 37.8 Å². The number of sulfonamides is 1. The molecule has 0 aliphatic rings. The van der Waals surface area contributed by atoms with Crippen LogP contribution in [0.15, 0.2) is 65.6 Å². The standard InChI is InChI=1S/C29H33Cl2N3O6S/c1-6-25(29(36)32-3)33(17-20-9-10-21(30)15-24(20)31)28(35)18-34(22-11-7-19(2)8-12-22)41(37,38)23-13-14-26(39-4)27(16-23)40-5/h7-16,25H,6,17-18H2,1-5H3,(H,32,36)/t25-/m1/s1. The van der Waals surface area contributed by atoms with E-state index in [9.17, 15) is 18.0 Å². The average molecular weight is 623 g/mol. The Kier molecular flexibility index (Phi) is 10.9. The summed E-state index contributed by atoms with van der Waals surface area (Å²) >= 11 is 12.5. The number of likely N-dealkylation sites (N-methyl/N-ethyl adjacent to an activating group) is 1. The summed E-state index contributed by atoms with van der Waals surface area (Å²) in [6.45, 7) is 3.01. The molecule has 3 aromatic rings. The van der Waals surface area contributed by atoms with Gasteiger partial charge in [-0.05, 0) is 55.3 Å². The number of methoxy groups -OCH3 is 2. The third-order valence-electron chi connectivity index (χ3n) is 6.53. The van der Waals surface area contributed by atoms with Crippen LogP contribution in [-0.4, -0.2) is 59.0 Å². The molecule has 9 nitrogen and oxygen atoms in total. The van der Waals surface area contributed by atoms with E-state index in [2.05, 4.69) is 5.32 Å². The highest BCUT2D eigenvalue weighted by molar-refractivity contribution is 7.92. The number of halogens is 2. The van der Waals surface area contributed by atoms with Crippen molar-refractivity contribution in [3.8, 4) is 11.5 Å². The maximum atomic E-state index is 14.1. The molecular formula is C29H33Cl2N3O6S. The van der Waals surface area contributed by atoms with E-state index >= 15 is 0 Å². The van der Waals surface area contributed by atoms with E-state index in [1.165, 1.54) is 44.4 Å². The number of rotatable bonds is 12. The monoisotopic (exact) mass is 621 g/mol. The van der Waals surface area contributed by atoms with Crippen LogP contribution in [0.5, 0.6) is 11.5 Å². The molecule has 1 atom stereocenters. The Morgan fingerprint density at radius 3 is 2.17 bits per heavy atom. The highest BCUT2D eigenvalue weighted by Crippen LogP contribution is 2.33. The van der Waals surface area contributed by atoms with Gasteiger partial charge in [0.05, 0.1) is 24.8 Å². The van der Waals surface area contributed by atoms with Crippen molar-refractivity contribution in [2.24, 2.45) is 0 Å². The van der Waals surface area contributed by atoms with E-state index in [1.807, 2.05) is 6.92 Å². The molecular weight excluding hydrogens is 589 g/mol. The number of amides is 2. The topological polar surface area (TPSA) is 105 Å². The Morgan fingerprint density at radius 1 is 0.951 bits per heavy atom. The second kappa shape index (κ2) is 13.9. The van der Waals surface area contributed by atoms with Crippen molar-refractivity contribution < 1.29 is 27.5 Å². The van der Waals surface area contributed by atoms with E-state index in [0.717, 1.165) is 9.87 Å². The molecule has 1 N–H and O–H groups in total. The summed E-state index contributed by atoms with van der Waals surface area (Å²) in [5.74, 6) is -0.424. The summed E-state index contributed by atoms with van der Waals surface area (Å²) in [5, 5.41) is 3.32. The van der Waals surface area contributed by atoms with Gasteiger partial charge in [0, 0.05) is 29.7 Å². The van der Waals surface area contributed by atoms with Gasteiger partial charge in [0.25, 0.3) is 10.0 Å². The van der Waals surface area contributed by atoms with Gasteiger partial charge in [-0.3, -0.25) is 13.9 Å². The first-order valence-electron chi connectivity index (χ1n) is 12.7. The van der Waals surface area contributed by atoms with Crippen molar-refractivity contribution in [1.82, 2.24) is 10.2 Å². The second-order valence-electron chi connectivity index (χ2n) is 9.16. The van der Waals surface area contributed by atoms with Gasteiger partial charge in [0.2, 0.25) is 11.8 Å². The summed E-state index contributed by atoms with van der Waals surface area (Å²) in [5.41, 5.74) is 1.74. The first kappa shape index (κ1) is 32.0. The number of aryl methyl sites for hydroxylation is 1. The molecule has 12 heteroatoms. The number of nitrogens with zero attached hydrogens (tertiary/aromatic N) is 2. The minimum atomic E-state index is -4.29. The number of ether oxygens (including phenoxy) is 2. The van der Waals surface area contributed by atoms with Crippen LogP contribution in [-0.2, 0) is 26.2 Å². The number of hydrogen-bond acceptors (Lipinski definition) is 6. The Hall–Kier alpha value is -3.47. The summed E-state index contributed by atoms with van der Waals surface area (Å²) in [6, 6.07) is 14.9. The molecule has 0 heterocycles. The molecule has 3 rings (SSSR count). The Morgan fingerprint density at radius 2 is 1.61 bits per heavy atom. The van der Waals surface area contributed by atoms with Crippen molar-refractivity contribution >= 4 is 50.7 Å². The first-order chi connectivity index (χ1) is 19.5. The lowest BCUT2D eigenvalue weighted by Gasteiger charge is -2.33. The third-order valence-corrected chi connectivity index (χ3v) is 8.89. The SMILES string of the molecule is CC[C@H](C(=O)NC)N(Cc1ccc(Cl)cc1Cl)C(=O)CN(c1ccc(C)cc1)S(=O)(=O)c1ccc(OC)c(OC)c1. The minimum absolute atomic E-state index is 0.0428. The number of anilines is 1. The Balaban J connectivity index is 2.11. The average Bonchev–Trinajstić information content (AvgIpc) is 2.96. The number of carbonyl (C=O) groups excluding carboxylic acids is 2. The fraction of sp³-hybridized carbons (Fsp3) is 0.310. The van der Waals surface area contributed by atoms with Gasteiger partial charge >= 0.3 is 0 Å². The molecule has 220 valence electrons. The van der Waals surface area contributed by atoms with Crippen LogP contribution in [0.3, 0.4) is 0 Å². The van der Waals surface area contributed by atoms with Crippen LogP contribution < -0.4 is 19.1 Å². The molecule has 3 aromatic carbocycles. The summed E-state index contributed by atoms with van der Waals surface area (Å²) in [4.78, 5) is 28.1. The summed E-state index contributed by atoms with van der Waals surface area (Å²) < 4.78 is 39.7. The van der Waals surface area contributed by atoms with Gasteiger partial charge in [0.1, 0.15) is 12.6 Å². The van der Waals surface area contributed by atoms with Gasteiger partial charge < -0.3 is 19.7 Å². The number of hydrogen-bond donors (Lipinski definition) is 1. The van der Waals surface area contributed by atoms with Crippen LogP contribution >= 0.6 is 23.2 Å². The van der Waals surface area contributed by atoms with Crippen LogP contribution in [0.2, 0.25) is 10.0 Å². The Bertz CT molecular complexity index is 1500. The maximum absolute atomic E-state index is 14.1. The number of carbonyl (C=O) groups is 2. The zero-order valence-electron chi connectivity index (χ0n) is 23.5. The van der Waals surface area contributed by atoms with E-state index < -0.39 is 34.4 Å². The van der Waals surface area contributed by atoms with Gasteiger partial charge in [-0.2, -0.15) is 0 Å². The second-order valence-corrected chi connectivity index (χ2v) is 11.9. The molecule has 0 radical (unpaired) electrons. The highest BCUT2D eigenvalue weighted by atomic mass is 35.5. The fourth-order valence-electron chi connectivity index (χ4n) is 4.26. The van der Waals surface area contributed by atoms with E-state index in [4.69, 9.17) is 32.7 Å². The normalized spacial score (nSPS) is 11.9. The molecule has 41 heavy (non-hydrogen) atoms. The molecule has 0 saturated heterocycles. The molecule has 0 aliphatic heterocycles. The van der Waals surface area contributed by atoms with Crippen LogP contribution in [0.1, 0.15) is 24.5 Å². The third kappa shape index (κ3) is 7.44. The van der Waals surface area contributed by atoms with Crippen molar-refractivity contribution in [3.05, 3.63) is 81.8 Å². The lowest BCUT2D eigenvalue weighted by molar-refractivity contribution is -0.140.